The Morgan fingerprint density at radius 3 is 2.79 bits per heavy atom. The number of hydrogen-bond acceptors (Lipinski definition) is 6. The molecule has 0 saturated carbocycles. The summed E-state index contributed by atoms with van der Waals surface area (Å²) in [5, 5.41) is 8.71. The second-order valence-corrected chi connectivity index (χ2v) is 6.61. The van der Waals surface area contributed by atoms with Gasteiger partial charge in [0.25, 0.3) is 0 Å². The first-order valence-electron chi connectivity index (χ1n) is 7.23. The van der Waals surface area contributed by atoms with Crippen molar-refractivity contribution in [3.63, 3.8) is 0 Å². The number of anilines is 1. The number of allylic oxidation sites excluding steroid dienone is 2. The molecule has 0 radical (unpaired) electrons. The molecule has 2 aliphatic heterocycles. The van der Waals surface area contributed by atoms with Gasteiger partial charge >= 0.3 is 5.97 Å². The third-order valence-electron chi connectivity index (χ3n) is 3.53. The van der Waals surface area contributed by atoms with Gasteiger partial charge in [0.05, 0.1) is 11.4 Å². The smallest absolute Gasteiger partial charge is 0.323 e. The van der Waals surface area contributed by atoms with Crippen LogP contribution in [0.3, 0.4) is 0 Å². The van der Waals surface area contributed by atoms with E-state index in [4.69, 9.17) is 22.1 Å². The van der Waals surface area contributed by atoms with Gasteiger partial charge in [-0.25, -0.2) is 0 Å². The average Bonchev–Trinajstić information content (AvgIpc) is 3.02. The van der Waals surface area contributed by atoms with Gasteiger partial charge in [-0.3, -0.25) is 9.59 Å². The van der Waals surface area contributed by atoms with Crippen LogP contribution >= 0.6 is 24.0 Å². The molecular weight excluding hydrogens is 348 g/mol. The first-order chi connectivity index (χ1) is 11.5. The van der Waals surface area contributed by atoms with Gasteiger partial charge in [-0.1, -0.05) is 24.4 Å². The minimum Gasteiger partial charge on any atom is -0.480 e. The molecular formula is C16H14N2O4S2. The Bertz CT molecular complexity index is 788. The molecule has 0 aliphatic carbocycles. The number of carboxylic acids is 1. The highest BCUT2D eigenvalue weighted by molar-refractivity contribution is 8.33. The summed E-state index contributed by atoms with van der Waals surface area (Å²) in [7, 11) is 0. The first kappa shape index (κ1) is 16.5. The van der Waals surface area contributed by atoms with E-state index < -0.39 is 5.97 Å². The summed E-state index contributed by atoms with van der Waals surface area (Å²) >= 11 is 5.92. The number of hydrogen-bond donors (Lipinski definition) is 1. The zero-order valence-electron chi connectivity index (χ0n) is 12.8. The van der Waals surface area contributed by atoms with Crippen molar-refractivity contribution >= 4 is 45.1 Å². The summed E-state index contributed by atoms with van der Waals surface area (Å²) in [4.78, 5) is 26.3. The molecule has 8 heteroatoms. The first-order valence-corrected chi connectivity index (χ1v) is 8.45. The molecule has 0 atom stereocenters. The van der Waals surface area contributed by atoms with Crippen LogP contribution in [0.5, 0.6) is 5.75 Å². The molecule has 0 amide bonds. The lowest BCUT2D eigenvalue weighted by atomic mass is 10.3. The van der Waals surface area contributed by atoms with E-state index in [1.54, 1.807) is 12.2 Å². The Morgan fingerprint density at radius 2 is 2.08 bits per heavy atom. The number of ether oxygens (including phenoxy) is 1. The van der Waals surface area contributed by atoms with Gasteiger partial charge in [0.1, 0.15) is 10.9 Å². The predicted octanol–water partition coefficient (Wildman–Crippen LogP) is 2.58. The Morgan fingerprint density at radius 1 is 1.33 bits per heavy atom. The fourth-order valence-corrected chi connectivity index (χ4v) is 3.60. The number of nitrogens with zero attached hydrogens (tertiary/aromatic N) is 2. The van der Waals surface area contributed by atoms with E-state index in [0.717, 1.165) is 23.2 Å². The fourth-order valence-electron chi connectivity index (χ4n) is 2.49. The zero-order valence-corrected chi connectivity index (χ0v) is 14.4. The summed E-state index contributed by atoms with van der Waals surface area (Å²) in [6.07, 6.45) is 3.22. The number of rotatable bonds is 4. The van der Waals surface area contributed by atoms with Crippen LogP contribution in [-0.4, -0.2) is 38.5 Å². The van der Waals surface area contributed by atoms with Gasteiger partial charge in [0.15, 0.2) is 5.75 Å². The monoisotopic (exact) mass is 362 g/mol. The molecule has 3 rings (SSSR count). The third kappa shape index (κ3) is 3.02. The molecule has 1 saturated heterocycles. The van der Waals surface area contributed by atoms with Crippen molar-refractivity contribution in [2.24, 2.45) is 0 Å². The van der Waals surface area contributed by atoms with E-state index in [-0.39, 0.29) is 21.7 Å². The number of benzene rings is 1. The van der Waals surface area contributed by atoms with Crippen molar-refractivity contribution in [2.45, 2.75) is 6.92 Å². The molecule has 0 unspecified atom stereocenters. The zero-order chi connectivity index (χ0) is 17.3. The highest BCUT2D eigenvalue weighted by Crippen LogP contribution is 2.38. The summed E-state index contributed by atoms with van der Waals surface area (Å²) < 4.78 is 6.05. The molecule has 24 heavy (non-hydrogen) atoms. The summed E-state index contributed by atoms with van der Waals surface area (Å²) in [6, 6.07) is 7.64. The predicted molar refractivity (Wildman–Crippen MR) is 95.8 cm³/mol. The van der Waals surface area contributed by atoms with Gasteiger partial charge < -0.3 is 19.6 Å². The molecule has 6 nitrogen and oxygen atoms in total. The fraction of sp³-hybridized carbons (Fsp3) is 0.188. The highest BCUT2D eigenvalue weighted by atomic mass is 32.2. The molecule has 0 spiro atoms. The van der Waals surface area contributed by atoms with Crippen LogP contribution < -0.4 is 9.64 Å². The quantitative estimate of drug-likeness (QED) is 0.647. The van der Waals surface area contributed by atoms with Crippen molar-refractivity contribution in [2.75, 3.05) is 18.0 Å². The van der Waals surface area contributed by atoms with Gasteiger partial charge in [-0.05, 0) is 36.9 Å². The van der Waals surface area contributed by atoms with Gasteiger partial charge in [-0.15, -0.1) is 0 Å². The van der Waals surface area contributed by atoms with Crippen LogP contribution in [0.15, 0.2) is 48.0 Å². The van der Waals surface area contributed by atoms with E-state index in [2.05, 4.69) is 0 Å². The SMILES string of the molecule is CCN1/C(=C\C=C2/C(=O)SC(=S)N2CC(=O)O)Oc2ccccc21. The van der Waals surface area contributed by atoms with E-state index in [1.165, 1.54) is 4.90 Å². The molecule has 2 aliphatic rings. The Hall–Kier alpha value is -2.32. The molecule has 1 aromatic rings. The van der Waals surface area contributed by atoms with Crippen LogP contribution in [-0.2, 0) is 9.59 Å². The van der Waals surface area contributed by atoms with Crippen LogP contribution in [0.2, 0.25) is 0 Å². The van der Waals surface area contributed by atoms with Crippen LogP contribution in [0.25, 0.3) is 0 Å². The Balaban J connectivity index is 1.91. The van der Waals surface area contributed by atoms with Crippen molar-refractivity contribution in [1.82, 2.24) is 4.90 Å². The molecule has 124 valence electrons. The molecule has 0 aromatic heterocycles. The van der Waals surface area contributed by atoms with Crippen LogP contribution in [0.1, 0.15) is 6.92 Å². The van der Waals surface area contributed by atoms with E-state index in [1.807, 2.05) is 36.1 Å². The number of fused-ring (bicyclic) bond motifs is 1. The average molecular weight is 362 g/mol. The van der Waals surface area contributed by atoms with Gasteiger partial charge in [0.2, 0.25) is 11.0 Å². The molecule has 2 heterocycles. The topological polar surface area (TPSA) is 70.1 Å². The third-order valence-corrected chi connectivity index (χ3v) is 4.79. The Kier molecular flexibility index (Phi) is 4.59. The van der Waals surface area contributed by atoms with Crippen molar-refractivity contribution in [3.8, 4) is 5.75 Å². The maximum atomic E-state index is 12.0. The number of aliphatic carboxylic acids is 1. The second-order valence-electron chi connectivity index (χ2n) is 5.01. The second kappa shape index (κ2) is 6.66. The summed E-state index contributed by atoms with van der Waals surface area (Å²) in [6.45, 7) is 2.35. The highest BCUT2D eigenvalue weighted by Gasteiger charge is 2.33. The minimum atomic E-state index is -1.05. The number of carbonyl (C=O) groups excluding carboxylic acids is 1. The maximum Gasteiger partial charge on any atom is 0.323 e. The maximum absolute atomic E-state index is 12.0. The number of thiocarbonyl (C=S) groups is 1. The van der Waals surface area contributed by atoms with Crippen LogP contribution in [0, 0.1) is 0 Å². The lowest BCUT2D eigenvalue weighted by Gasteiger charge is -2.16. The number of para-hydroxylation sites is 2. The number of thioether (sulfide) groups is 1. The normalized spacial score (nSPS) is 20.0. The van der Waals surface area contributed by atoms with Crippen molar-refractivity contribution < 1.29 is 19.4 Å². The van der Waals surface area contributed by atoms with Crippen molar-refractivity contribution in [1.29, 1.82) is 0 Å². The summed E-state index contributed by atoms with van der Waals surface area (Å²) in [5.74, 6) is 0.275. The molecule has 1 fully saturated rings. The standard InChI is InChI=1S/C16H14N2O4S2/c1-2-17-10-5-3-4-6-12(10)22-13(17)8-7-11-15(21)24-16(23)18(11)9-14(19)20/h3-8H,2,9H2,1H3,(H,19,20)/b11-7+,13-8+. The number of carbonyl (C=O) groups is 2. The largest absolute Gasteiger partial charge is 0.480 e. The minimum absolute atomic E-state index is 0.245. The van der Waals surface area contributed by atoms with Crippen LogP contribution in [0.4, 0.5) is 5.69 Å². The molecule has 1 N–H and O–H groups in total. The summed E-state index contributed by atoms with van der Waals surface area (Å²) in [5.41, 5.74) is 1.20. The van der Waals surface area contributed by atoms with Crippen molar-refractivity contribution in [3.05, 3.63) is 48.0 Å². The lowest BCUT2D eigenvalue weighted by molar-refractivity contribution is -0.137. The van der Waals surface area contributed by atoms with E-state index in [9.17, 15) is 9.59 Å². The molecule has 1 aromatic carbocycles. The van der Waals surface area contributed by atoms with Gasteiger partial charge in [-0.2, -0.15) is 0 Å². The van der Waals surface area contributed by atoms with E-state index >= 15 is 0 Å². The molecule has 0 bridgehead atoms. The van der Waals surface area contributed by atoms with Gasteiger partial charge in [0, 0.05) is 12.6 Å². The van der Waals surface area contributed by atoms with E-state index in [0.29, 0.717) is 12.4 Å². The number of carboxylic acid groups (broad SMARTS) is 1. The Labute approximate surface area is 148 Å². The lowest BCUT2D eigenvalue weighted by Crippen LogP contribution is -2.28.